The van der Waals surface area contributed by atoms with Crippen molar-refractivity contribution in [3.63, 3.8) is 0 Å². The van der Waals surface area contributed by atoms with Crippen LogP contribution < -0.4 is 20.6 Å². The second-order valence-corrected chi connectivity index (χ2v) is 4.04. The van der Waals surface area contributed by atoms with Crippen molar-refractivity contribution >= 4 is 16.9 Å². The van der Waals surface area contributed by atoms with Gasteiger partial charge in [0.25, 0.3) is 5.91 Å². The van der Waals surface area contributed by atoms with Gasteiger partial charge in [-0.15, -0.1) is 0 Å². The Balaban J connectivity index is 2.90. The first kappa shape index (κ1) is 13.9. The third kappa shape index (κ3) is 2.08. The molecule has 20 heavy (non-hydrogen) atoms. The van der Waals surface area contributed by atoms with Crippen LogP contribution in [0.5, 0.6) is 11.5 Å². The maximum absolute atomic E-state index is 11.9. The molecular formula is C13H13NO6. The van der Waals surface area contributed by atoms with Crippen LogP contribution in [0.4, 0.5) is 0 Å². The molecule has 7 heteroatoms. The number of aryl methyl sites for hydroxylation is 1. The molecule has 2 N–H and O–H groups in total. The van der Waals surface area contributed by atoms with Crippen LogP contribution in [0.2, 0.25) is 0 Å². The van der Waals surface area contributed by atoms with E-state index in [1.807, 2.05) is 0 Å². The lowest BCUT2D eigenvalue weighted by Crippen LogP contribution is -2.26. The number of carbonyl (C=O) groups is 1. The number of hydrogen-bond donors (Lipinski definition) is 2. The smallest absolute Gasteiger partial charge is 0.349 e. The van der Waals surface area contributed by atoms with Gasteiger partial charge in [-0.25, -0.2) is 10.3 Å². The van der Waals surface area contributed by atoms with E-state index in [0.717, 1.165) is 0 Å². The van der Waals surface area contributed by atoms with Gasteiger partial charge in [0.1, 0.15) is 11.3 Å². The zero-order chi connectivity index (χ0) is 14.9. The predicted octanol–water partition coefficient (Wildman–Crippen LogP) is 1.24. The molecule has 1 aromatic carbocycles. The van der Waals surface area contributed by atoms with E-state index >= 15 is 0 Å². The van der Waals surface area contributed by atoms with Gasteiger partial charge in [0.15, 0.2) is 11.3 Å². The first-order chi connectivity index (χ1) is 9.53. The van der Waals surface area contributed by atoms with Crippen molar-refractivity contribution in [1.29, 1.82) is 0 Å². The molecule has 2 rings (SSSR count). The molecule has 1 amide bonds. The van der Waals surface area contributed by atoms with Crippen molar-refractivity contribution in [2.75, 3.05) is 14.2 Å². The first-order valence-corrected chi connectivity index (χ1v) is 5.67. The van der Waals surface area contributed by atoms with Crippen molar-refractivity contribution in [2.24, 2.45) is 0 Å². The summed E-state index contributed by atoms with van der Waals surface area (Å²) in [6.45, 7) is 1.57. The lowest BCUT2D eigenvalue weighted by Gasteiger charge is -2.11. The van der Waals surface area contributed by atoms with Gasteiger partial charge in [0, 0.05) is 11.5 Å². The minimum Gasteiger partial charge on any atom is -0.497 e. The normalized spacial score (nSPS) is 10.4. The molecule has 0 atom stereocenters. The number of nitrogens with one attached hydrogen (secondary N) is 1. The van der Waals surface area contributed by atoms with Crippen molar-refractivity contribution in [3.8, 4) is 11.5 Å². The molecule has 0 saturated heterocycles. The molecular weight excluding hydrogens is 266 g/mol. The van der Waals surface area contributed by atoms with E-state index < -0.39 is 11.5 Å². The highest BCUT2D eigenvalue weighted by Crippen LogP contribution is 2.32. The van der Waals surface area contributed by atoms with Crippen LogP contribution in [-0.2, 0) is 0 Å². The Hall–Kier alpha value is -2.54. The fourth-order valence-corrected chi connectivity index (χ4v) is 1.98. The van der Waals surface area contributed by atoms with Gasteiger partial charge < -0.3 is 13.9 Å². The zero-order valence-electron chi connectivity index (χ0n) is 11.1. The Morgan fingerprint density at radius 1 is 1.30 bits per heavy atom. The van der Waals surface area contributed by atoms with Crippen LogP contribution >= 0.6 is 0 Å². The number of ether oxygens (including phenoxy) is 2. The standard InChI is InChI=1S/C13H13NO6/c1-6-8-4-7(18-2)5-9(19-3)11(8)20-13(16)10(6)12(15)14-17/h4-5,17H,1-3H3,(H,14,15). The van der Waals surface area contributed by atoms with E-state index in [-0.39, 0.29) is 11.1 Å². The number of carbonyl (C=O) groups excluding carboxylic acids is 1. The average Bonchev–Trinajstić information content (AvgIpc) is 2.46. The lowest BCUT2D eigenvalue weighted by molar-refractivity contribution is 0.0701. The highest BCUT2D eigenvalue weighted by atomic mass is 16.5. The van der Waals surface area contributed by atoms with Crippen LogP contribution in [0.3, 0.4) is 0 Å². The summed E-state index contributed by atoms with van der Waals surface area (Å²) in [6, 6.07) is 3.18. The zero-order valence-corrected chi connectivity index (χ0v) is 11.1. The van der Waals surface area contributed by atoms with E-state index in [1.54, 1.807) is 19.1 Å². The molecule has 0 aliphatic carbocycles. The molecule has 0 unspecified atom stereocenters. The highest BCUT2D eigenvalue weighted by molar-refractivity contribution is 5.99. The Morgan fingerprint density at radius 3 is 2.55 bits per heavy atom. The van der Waals surface area contributed by atoms with Gasteiger partial charge in [-0.3, -0.25) is 10.0 Å². The third-order valence-electron chi connectivity index (χ3n) is 2.99. The SMILES string of the molecule is COc1cc(OC)c2oc(=O)c(C(=O)NO)c(C)c2c1. The summed E-state index contributed by atoms with van der Waals surface area (Å²) in [5.41, 5.74) is 0.873. The number of hydroxylamine groups is 1. The summed E-state index contributed by atoms with van der Waals surface area (Å²) in [5, 5.41) is 9.17. The summed E-state index contributed by atoms with van der Waals surface area (Å²) < 4.78 is 15.4. The van der Waals surface area contributed by atoms with Crippen LogP contribution in [0.1, 0.15) is 15.9 Å². The number of amides is 1. The van der Waals surface area contributed by atoms with Crippen LogP contribution in [-0.4, -0.2) is 25.3 Å². The van der Waals surface area contributed by atoms with Crippen LogP contribution in [0.25, 0.3) is 11.0 Å². The van der Waals surface area contributed by atoms with Gasteiger partial charge in [0.05, 0.1) is 14.2 Å². The molecule has 7 nitrogen and oxygen atoms in total. The monoisotopic (exact) mass is 279 g/mol. The predicted molar refractivity (Wildman–Crippen MR) is 69.6 cm³/mol. The van der Waals surface area contributed by atoms with E-state index in [4.69, 9.17) is 19.1 Å². The van der Waals surface area contributed by atoms with Crippen molar-refractivity contribution in [2.45, 2.75) is 6.92 Å². The molecule has 1 heterocycles. The summed E-state index contributed by atoms with van der Waals surface area (Å²) >= 11 is 0. The summed E-state index contributed by atoms with van der Waals surface area (Å²) in [7, 11) is 2.91. The van der Waals surface area contributed by atoms with E-state index in [2.05, 4.69) is 0 Å². The van der Waals surface area contributed by atoms with Crippen LogP contribution in [0, 0.1) is 6.92 Å². The maximum Gasteiger partial charge on any atom is 0.349 e. The molecule has 0 aliphatic heterocycles. The molecule has 2 aromatic rings. The number of hydrogen-bond acceptors (Lipinski definition) is 6. The van der Waals surface area contributed by atoms with Crippen molar-refractivity contribution in [3.05, 3.63) is 33.7 Å². The largest absolute Gasteiger partial charge is 0.497 e. The van der Waals surface area contributed by atoms with E-state index in [0.29, 0.717) is 22.4 Å². The minimum absolute atomic E-state index is 0.213. The highest BCUT2D eigenvalue weighted by Gasteiger charge is 2.20. The number of methoxy groups -OCH3 is 2. The quantitative estimate of drug-likeness (QED) is 0.498. The minimum atomic E-state index is -0.931. The first-order valence-electron chi connectivity index (χ1n) is 5.67. The Bertz CT molecular complexity index is 734. The summed E-state index contributed by atoms with van der Waals surface area (Å²) in [4.78, 5) is 23.4. The van der Waals surface area contributed by atoms with Crippen molar-refractivity contribution < 1.29 is 23.9 Å². The Morgan fingerprint density at radius 2 is 2.00 bits per heavy atom. The third-order valence-corrected chi connectivity index (χ3v) is 2.99. The fraction of sp³-hybridized carbons (Fsp3) is 0.231. The number of rotatable bonds is 3. The van der Waals surface area contributed by atoms with Gasteiger partial charge in [0.2, 0.25) is 0 Å². The van der Waals surface area contributed by atoms with Crippen molar-refractivity contribution in [1.82, 2.24) is 5.48 Å². The summed E-state index contributed by atoms with van der Waals surface area (Å²) in [5.74, 6) is -0.128. The maximum atomic E-state index is 11.9. The van der Waals surface area contributed by atoms with Gasteiger partial charge >= 0.3 is 5.63 Å². The second kappa shape index (κ2) is 5.22. The van der Waals surface area contributed by atoms with Gasteiger partial charge in [-0.05, 0) is 18.6 Å². The van der Waals surface area contributed by atoms with E-state index in [9.17, 15) is 9.59 Å². The number of fused-ring (bicyclic) bond motifs is 1. The van der Waals surface area contributed by atoms with Crippen LogP contribution in [0.15, 0.2) is 21.3 Å². The molecule has 0 fully saturated rings. The van der Waals surface area contributed by atoms with E-state index in [1.165, 1.54) is 19.7 Å². The van der Waals surface area contributed by atoms with Gasteiger partial charge in [-0.1, -0.05) is 0 Å². The summed E-state index contributed by atoms with van der Waals surface area (Å²) in [6.07, 6.45) is 0. The molecule has 106 valence electrons. The average molecular weight is 279 g/mol. The number of benzene rings is 1. The molecule has 0 spiro atoms. The molecule has 0 bridgehead atoms. The topological polar surface area (TPSA) is 98.0 Å². The molecule has 0 saturated carbocycles. The molecule has 0 aliphatic rings. The Kier molecular flexibility index (Phi) is 3.62. The fourth-order valence-electron chi connectivity index (χ4n) is 1.98. The van der Waals surface area contributed by atoms with Gasteiger partial charge in [-0.2, -0.15) is 0 Å². The molecule has 0 radical (unpaired) electrons. The second-order valence-electron chi connectivity index (χ2n) is 4.04. The molecule has 1 aromatic heterocycles. The lowest BCUT2D eigenvalue weighted by atomic mass is 10.0. The Labute approximate surface area is 113 Å².